The third kappa shape index (κ3) is 5.04. The first-order valence-corrected chi connectivity index (χ1v) is 17.9. The van der Waals surface area contributed by atoms with Crippen LogP contribution >= 0.6 is 0 Å². The molecule has 10 rings (SSSR count). The van der Waals surface area contributed by atoms with Crippen LogP contribution in [0, 0.1) is 0 Å². The topological polar surface area (TPSA) is 8.17 Å². The van der Waals surface area contributed by atoms with E-state index in [0.717, 1.165) is 17.1 Å². The number of anilines is 3. The molecule has 9 aromatic carbocycles. The number of benzene rings is 9. The van der Waals surface area contributed by atoms with Crippen molar-refractivity contribution >= 4 is 60.4 Å². The number of nitrogens with zero attached hydrogens (tertiary/aromatic N) is 2. The molecular formula is C50H34N2. The van der Waals surface area contributed by atoms with Crippen LogP contribution in [0.2, 0.25) is 0 Å². The maximum absolute atomic E-state index is 2.38. The van der Waals surface area contributed by atoms with Crippen LogP contribution in [0.25, 0.3) is 71.3 Å². The predicted molar refractivity (Wildman–Crippen MR) is 221 cm³/mol. The van der Waals surface area contributed by atoms with Crippen LogP contribution < -0.4 is 4.90 Å². The molecule has 0 aliphatic heterocycles. The van der Waals surface area contributed by atoms with Gasteiger partial charge in [-0.2, -0.15) is 0 Å². The Kier molecular flexibility index (Phi) is 7.18. The van der Waals surface area contributed by atoms with Gasteiger partial charge in [0.25, 0.3) is 0 Å². The highest BCUT2D eigenvalue weighted by Gasteiger charge is 2.17. The Balaban J connectivity index is 1.06. The van der Waals surface area contributed by atoms with Gasteiger partial charge in [0.15, 0.2) is 0 Å². The highest BCUT2D eigenvalue weighted by Crippen LogP contribution is 2.41. The summed E-state index contributed by atoms with van der Waals surface area (Å²) in [6.07, 6.45) is 0. The summed E-state index contributed by atoms with van der Waals surface area (Å²) in [5.74, 6) is 0. The molecule has 0 radical (unpaired) electrons. The van der Waals surface area contributed by atoms with Gasteiger partial charge in [0.1, 0.15) is 0 Å². The molecule has 0 saturated heterocycles. The van der Waals surface area contributed by atoms with E-state index < -0.39 is 0 Å². The SMILES string of the molecule is c1ccc(N(c2ccc(-c3cccc4ccccc34)cc2)c2cccc(-c3ccc4c(ccc5c4c4ccccc4n5-c4ccccc4)c3)c2)cc1. The normalized spacial score (nSPS) is 11.5. The molecule has 2 nitrogen and oxygen atoms in total. The summed E-state index contributed by atoms with van der Waals surface area (Å²) < 4.78 is 2.38. The first kappa shape index (κ1) is 30.0. The molecule has 0 unspecified atom stereocenters. The van der Waals surface area contributed by atoms with Gasteiger partial charge in [-0.05, 0) is 111 Å². The Hall–Kier alpha value is -6.90. The molecule has 0 aliphatic carbocycles. The average Bonchev–Trinajstić information content (AvgIpc) is 3.56. The summed E-state index contributed by atoms with van der Waals surface area (Å²) in [4.78, 5) is 2.35. The zero-order chi connectivity index (χ0) is 34.4. The number of hydrogen-bond acceptors (Lipinski definition) is 1. The largest absolute Gasteiger partial charge is 0.310 e. The first-order valence-electron chi connectivity index (χ1n) is 17.9. The van der Waals surface area contributed by atoms with Crippen molar-refractivity contribution in [1.29, 1.82) is 0 Å². The van der Waals surface area contributed by atoms with E-state index in [4.69, 9.17) is 0 Å². The van der Waals surface area contributed by atoms with Crippen LogP contribution in [0.5, 0.6) is 0 Å². The van der Waals surface area contributed by atoms with Crippen LogP contribution in [0.1, 0.15) is 0 Å². The van der Waals surface area contributed by atoms with Crippen molar-refractivity contribution in [3.05, 3.63) is 206 Å². The van der Waals surface area contributed by atoms with Gasteiger partial charge in [-0.15, -0.1) is 0 Å². The van der Waals surface area contributed by atoms with E-state index in [0.29, 0.717) is 0 Å². The quantitative estimate of drug-likeness (QED) is 0.172. The minimum absolute atomic E-state index is 1.11. The lowest BCUT2D eigenvalue weighted by molar-refractivity contribution is 1.18. The molecule has 0 spiro atoms. The maximum Gasteiger partial charge on any atom is 0.0547 e. The number of aromatic nitrogens is 1. The lowest BCUT2D eigenvalue weighted by Crippen LogP contribution is -2.09. The second-order valence-electron chi connectivity index (χ2n) is 13.4. The average molecular weight is 663 g/mol. The van der Waals surface area contributed by atoms with E-state index >= 15 is 0 Å². The smallest absolute Gasteiger partial charge is 0.0547 e. The lowest BCUT2D eigenvalue weighted by Gasteiger charge is -2.26. The van der Waals surface area contributed by atoms with Crippen LogP contribution in [-0.2, 0) is 0 Å². The van der Waals surface area contributed by atoms with Crippen molar-refractivity contribution in [1.82, 2.24) is 4.57 Å². The summed E-state index contributed by atoms with van der Waals surface area (Å²) in [7, 11) is 0. The van der Waals surface area contributed by atoms with Gasteiger partial charge in [0, 0.05) is 33.5 Å². The molecule has 0 N–H and O–H groups in total. The van der Waals surface area contributed by atoms with Crippen LogP contribution in [-0.4, -0.2) is 4.57 Å². The fraction of sp³-hybridized carbons (Fsp3) is 0. The highest BCUT2D eigenvalue weighted by molar-refractivity contribution is 6.21. The molecule has 0 atom stereocenters. The second kappa shape index (κ2) is 12.5. The van der Waals surface area contributed by atoms with E-state index in [1.807, 2.05) is 0 Å². The maximum atomic E-state index is 2.38. The highest BCUT2D eigenvalue weighted by atomic mass is 15.1. The molecule has 0 saturated carbocycles. The number of rotatable bonds is 6. The van der Waals surface area contributed by atoms with E-state index in [1.54, 1.807) is 0 Å². The standard InChI is InChI=1S/C50H34N2/c1-3-16-40(17-4-1)51(42-29-25-36(26-30-42)45-23-12-14-35-13-7-8-21-44(35)45)43-20-11-15-37(34-43)38-27-31-46-39(33-38)28-32-49-50(46)47-22-9-10-24-48(47)52(49)41-18-5-2-6-19-41/h1-34H. The van der Waals surface area contributed by atoms with Crippen molar-refractivity contribution in [2.24, 2.45) is 0 Å². The molecule has 52 heavy (non-hydrogen) atoms. The van der Waals surface area contributed by atoms with Gasteiger partial charge in [-0.3, -0.25) is 0 Å². The van der Waals surface area contributed by atoms with Crippen molar-refractivity contribution in [2.45, 2.75) is 0 Å². The Morgan fingerprint density at radius 1 is 0.327 bits per heavy atom. The van der Waals surface area contributed by atoms with Crippen LogP contribution in [0.3, 0.4) is 0 Å². The zero-order valence-electron chi connectivity index (χ0n) is 28.5. The van der Waals surface area contributed by atoms with Crippen LogP contribution in [0.15, 0.2) is 206 Å². The van der Waals surface area contributed by atoms with Crippen LogP contribution in [0.4, 0.5) is 17.1 Å². The Labute approximate surface area is 303 Å². The molecular weight excluding hydrogens is 629 g/mol. The van der Waals surface area contributed by atoms with Gasteiger partial charge in [-0.25, -0.2) is 0 Å². The molecule has 0 aliphatic rings. The number of hydrogen-bond donors (Lipinski definition) is 0. The minimum Gasteiger partial charge on any atom is -0.310 e. The summed E-state index contributed by atoms with van der Waals surface area (Å²) >= 11 is 0. The number of fused-ring (bicyclic) bond motifs is 6. The summed E-state index contributed by atoms with van der Waals surface area (Å²) in [6, 6.07) is 74.6. The van der Waals surface area contributed by atoms with E-state index in [9.17, 15) is 0 Å². The van der Waals surface area contributed by atoms with Gasteiger partial charge in [0.05, 0.1) is 11.0 Å². The fourth-order valence-corrected chi connectivity index (χ4v) is 7.95. The summed E-state index contributed by atoms with van der Waals surface area (Å²) in [5, 5.41) is 7.58. The molecule has 10 aromatic rings. The molecule has 0 amide bonds. The second-order valence-corrected chi connectivity index (χ2v) is 13.4. The molecule has 244 valence electrons. The van der Waals surface area contributed by atoms with Gasteiger partial charge in [-0.1, -0.05) is 140 Å². The molecule has 1 heterocycles. The Morgan fingerprint density at radius 3 is 1.81 bits per heavy atom. The van der Waals surface area contributed by atoms with E-state index in [1.165, 1.54) is 71.3 Å². The Bertz CT molecular complexity index is 2880. The van der Waals surface area contributed by atoms with Gasteiger partial charge < -0.3 is 9.47 Å². The van der Waals surface area contributed by atoms with Crippen molar-refractivity contribution in [3.8, 4) is 27.9 Å². The Morgan fingerprint density at radius 2 is 0.962 bits per heavy atom. The molecule has 0 fully saturated rings. The van der Waals surface area contributed by atoms with Gasteiger partial charge >= 0.3 is 0 Å². The predicted octanol–water partition coefficient (Wildman–Crippen LogP) is 13.9. The van der Waals surface area contributed by atoms with Crippen molar-refractivity contribution in [2.75, 3.05) is 4.90 Å². The monoisotopic (exact) mass is 662 g/mol. The molecule has 0 bridgehead atoms. The zero-order valence-corrected chi connectivity index (χ0v) is 28.5. The first-order chi connectivity index (χ1) is 25.8. The van der Waals surface area contributed by atoms with Crippen molar-refractivity contribution in [3.63, 3.8) is 0 Å². The van der Waals surface area contributed by atoms with Gasteiger partial charge in [0.2, 0.25) is 0 Å². The number of para-hydroxylation sites is 3. The fourth-order valence-electron chi connectivity index (χ4n) is 7.95. The third-order valence-corrected chi connectivity index (χ3v) is 10.3. The molecule has 1 aromatic heterocycles. The van der Waals surface area contributed by atoms with E-state index in [-0.39, 0.29) is 0 Å². The van der Waals surface area contributed by atoms with E-state index in [2.05, 4.69) is 216 Å². The van der Waals surface area contributed by atoms with Crippen molar-refractivity contribution < 1.29 is 0 Å². The lowest BCUT2D eigenvalue weighted by atomic mass is 9.97. The summed E-state index contributed by atoms with van der Waals surface area (Å²) in [5.41, 5.74) is 11.8. The third-order valence-electron chi connectivity index (χ3n) is 10.3. The summed E-state index contributed by atoms with van der Waals surface area (Å²) in [6.45, 7) is 0. The minimum atomic E-state index is 1.11. The molecule has 2 heteroatoms.